The Kier molecular flexibility index (Phi) is 3.92. The summed E-state index contributed by atoms with van der Waals surface area (Å²) >= 11 is 0. The van der Waals surface area contributed by atoms with Gasteiger partial charge in [0.15, 0.2) is 5.76 Å². The predicted octanol–water partition coefficient (Wildman–Crippen LogP) is 4.47. The number of ether oxygens (including phenoxy) is 1. The molecule has 4 rings (SSSR count). The van der Waals surface area contributed by atoms with Crippen LogP contribution in [-0.2, 0) is 6.54 Å². The number of ketones is 1. The first-order valence-corrected chi connectivity index (χ1v) is 8.66. The molecule has 5 heteroatoms. The molecule has 0 radical (unpaired) electrons. The maximum Gasteiger partial charge on any atom is 0.235 e. The van der Waals surface area contributed by atoms with E-state index < -0.39 is 0 Å². The van der Waals surface area contributed by atoms with Crippen LogP contribution in [-0.4, -0.2) is 20.6 Å². The molecule has 0 fully saturated rings. The number of Topliss-reactive ketones (excluding diaryl/α,β-unsaturated/α-hetero) is 1. The van der Waals surface area contributed by atoms with E-state index in [-0.39, 0.29) is 34.4 Å². The normalized spacial score (nSPS) is 14.8. The molecule has 2 aromatic carbocycles. The highest BCUT2D eigenvalue weighted by Crippen LogP contribution is 2.41. The number of aryl methyl sites for hydroxylation is 1. The van der Waals surface area contributed by atoms with Crippen molar-refractivity contribution in [2.75, 3.05) is 0 Å². The number of hydrogen-bond acceptors (Lipinski definition) is 4. The Morgan fingerprint density at radius 1 is 1.19 bits per heavy atom. The Morgan fingerprint density at radius 2 is 2.00 bits per heavy atom. The molecule has 1 aliphatic rings. The van der Waals surface area contributed by atoms with Gasteiger partial charge in [0.25, 0.3) is 0 Å². The Labute approximate surface area is 150 Å². The fourth-order valence-electron chi connectivity index (χ4n) is 3.32. The van der Waals surface area contributed by atoms with E-state index in [1.807, 2.05) is 24.4 Å². The lowest BCUT2D eigenvalue weighted by atomic mass is 10.1. The van der Waals surface area contributed by atoms with Crippen molar-refractivity contribution in [3.63, 3.8) is 0 Å². The topological polar surface area (TPSA) is 71.7 Å². The monoisotopic (exact) mass is 349 g/mol. The van der Waals surface area contributed by atoms with Gasteiger partial charge in [-0.25, -0.2) is 0 Å². The van der Waals surface area contributed by atoms with E-state index in [0.29, 0.717) is 0 Å². The van der Waals surface area contributed by atoms with Gasteiger partial charge in [-0.15, -0.1) is 0 Å². The van der Waals surface area contributed by atoms with E-state index >= 15 is 0 Å². The zero-order chi connectivity index (χ0) is 18.3. The molecular formula is C21H19NO4. The minimum atomic E-state index is -0.386. The number of nitrogens with zero attached hydrogens (tertiary/aromatic N) is 1. The fraction of sp³-hybridized carbons (Fsp3) is 0.190. The number of benzene rings is 2. The van der Waals surface area contributed by atoms with E-state index in [2.05, 4.69) is 17.6 Å². The van der Waals surface area contributed by atoms with Crippen LogP contribution >= 0.6 is 0 Å². The van der Waals surface area contributed by atoms with E-state index in [4.69, 9.17) is 4.74 Å². The summed E-state index contributed by atoms with van der Waals surface area (Å²) in [5.74, 6) is -0.499. The van der Waals surface area contributed by atoms with E-state index in [9.17, 15) is 15.0 Å². The van der Waals surface area contributed by atoms with Crippen LogP contribution in [0, 0.1) is 0 Å². The number of hydrogen-bond donors (Lipinski definition) is 2. The second-order valence-electron chi connectivity index (χ2n) is 6.43. The predicted molar refractivity (Wildman–Crippen MR) is 99.6 cm³/mol. The summed E-state index contributed by atoms with van der Waals surface area (Å²) in [7, 11) is 0. The number of allylic oxidation sites excluding steroid dienone is 1. The van der Waals surface area contributed by atoms with Crippen molar-refractivity contribution in [1.82, 2.24) is 4.57 Å². The van der Waals surface area contributed by atoms with Crippen molar-refractivity contribution in [2.24, 2.45) is 0 Å². The summed E-state index contributed by atoms with van der Waals surface area (Å²) in [6, 6.07) is 10.5. The summed E-state index contributed by atoms with van der Waals surface area (Å²) in [6.07, 6.45) is 5.89. The van der Waals surface area contributed by atoms with Crippen molar-refractivity contribution < 1.29 is 19.7 Å². The van der Waals surface area contributed by atoms with Crippen LogP contribution in [0.4, 0.5) is 0 Å². The van der Waals surface area contributed by atoms with Gasteiger partial charge in [0.2, 0.25) is 5.78 Å². The van der Waals surface area contributed by atoms with Crippen molar-refractivity contribution in [1.29, 1.82) is 0 Å². The molecule has 3 aromatic rings. The van der Waals surface area contributed by atoms with Gasteiger partial charge < -0.3 is 19.5 Å². The van der Waals surface area contributed by atoms with Gasteiger partial charge in [0, 0.05) is 41.3 Å². The highest BCUT2D eigenvalue weighted by molar-refractivity contribution is 6.16. The lowest BCUT2D eigenvalue weighted by Gasteiger charge is -2.02. The van der Waals surface area contributed by atoms with Crippen LogP contribution in [0.5, 0.6) is 17.2 Å². The Morgan fingerprint density at radius 3 is 2.81 bits per heavy atom. The summed E-state index contributed by atoms with van der Waals surface area (Å²) in [6.45, 7) is 3.06. The highest BCUT2D eigenvalue weighted by Gasteiger charge is 2.31. The number of fused-ring (bicyclic) bond motifs is 2. The van der Waals surface area contributed by atoms with Crippen LogP contribution in [0.1, 0.15) is 35.7 Å². The average Bonchev–Trinajstić information content (AvgIpc) is 3.12. The van der Waals surface area contributed by atoms with Gasteiger partial charge in [0.05, 0.1) is 0 Å². The third kappa shape index (κ3) is 2.62. The number of rotatable bonds is 4. The molecule has 1 aliphatic heterocycles. The van der Waals surface area contributed by atoms with Gasteiger partial charge in [-0.05, 0) is 18.6 Å². The molecule has 26 heavy (non-hydrogen) atoms. The van der Waals surface area contributed by atoms with E-state index in [1.165, 1.54) is 6.07 Å². The smallest absolute Gasteiger partial charge is 0.235 e. The van der Waals surface area contributed by atoms with E-state index in [0.717, 1.165) is 41.9 Å². The van der Waals surface area contributed by atoms with Crippen LogP contribution < -0.4 is 4.74 Å². The molecule has 5 nitrogen and oxygen atoms in total. The molecule has 132 valence electrons. The zero-order valence-electron chi connectivity index (χ0n) is 14.4. The average molecular weight is 349 g/mol. The Hall–Kier alpha value is -3.21. The standard InChI is InChI=1S/C21H19NO4/c1-2-3-8-22-12-13(15-6-4-5-7-16(15)22)9-19-21(25)20-17(24)10-14(23)11-18(20)26-19/h4-7,9-12,23-24H,2-3,8H2,1H3. The number of carbonyl (C=O) groups excluding carboxylic acids is 1. The minimum Gasteiger partial charge on any atom is -0.508 e. The van der Waals surface area contributed by atoms with Crippen molar-refractivity contribution in [3.8, 4) is 17.2 Å². The summed E-state index contributed by atoms with van der Waals surface area (Å²) < 4.78 is 7.79. The van der Waals surface area contributed by atoms with E-state index in [1.54, 1.807) is 6.08 Å². The molecule has 2 heterocycles. The van der Waals surface area contributed by atoms with Crippen molar-refractivity contribution >= 4 is 22.8 Å². The number of aromatic hydroxyl groups is 2. The molecule has 0 bridgehead atoms. The second kappa shape index (κ2) is 6.26. The van der Waals surface area contributed by atoms with Crippen LogP contribution in [0.2, 0.25) is 0 Å². The van der Waals surface area contributed by atoms with Crippen molar-refractivity contribution in [2.45, 2.75) is 26.3 Å². The zero-order valence-corrected chi connectivity index (χ0v) is 14.4. The van der Waals surface area contributed by atoms with Gasteiger partial charge in [-0.2, -0.15) is 0 Å². The third-order valence-electron chi connectivity index (χ3n) is 4.60. The first-order valence-electron chi connectivity index (χ1n) is 8.66. The molecule has 0 saturated carbocycles. The number of unbranched alkanes of at least 4 members (excludes halogenated alkanes) is 1. The molecule has 0 saturated heterocycles. The first kappa shape index (κ1) is 16.3. The SMILES string of the molecule is CCCCn1cc(C=C2Oc3cc(O)cc(O)c3C2=O)c2ccccc21. The lowest BCUT2D eigenvalue weighted by Crippen LogP contribution is -1.98. The highest BCUT2D eigenvalue weighted by atomic mass is 16.5. The largest absolute Gasteiger partial charge is 0.508 e. The summed E-state index contributed by atoms with van der Waals surface area (Å²) in [4.78, 5) is 12.6. The number of aromatic nitrogens is 1. The number of phenolic OH excluding ortho intramolecular Hbond substituents is 2. The fourth-order valence-corrected chi connectivity index (χ4v) is 3.32. The summed E-state index contributed by atoms with van der Waals surface area (Å²) in [5, 5.41) is 20.6. The van der Waals surface area contributed by atoms with Crippen LogP contribution in [0.25, 0.3) is 17.0 Å². The maximum absolute atomic E-state index is 12.6. The maximum atomic E-state index is 12.6. The third-order valence-corrected chi connectivity index (χ3v) is 4.60. The number of phenols is 2. The minimum absolute atomic E-state index is 0.0868. The van der Waals surface area contributed by atoms with Crippen LogP contribution in [0.15, 0.2) is 48.4 Å². The van der Waals surface area contributed by atoms with Crippen molar-refractivity contribution in [3.05, 3.63) is 59.5 Å². The molecule has 0 atom stereocenters. The quantitative estimate of drug-likeness (QED) is 0.682. The molecular weight excluding hydrogens is 330 g/mol. The molecule has 0 unspecified atom stereocenters. The molecule has 0 spiro atoms. The molecule has 0 aliphatic carbocycles. The van der Waals surface area contributed by atoms with Crippen LogP contribution in [0.3, 0.4) is 0 Å². The van der Waals surface area contributed by atoms with Gasteiger partial charge in [-0.3, -0.25) is 4.79 Å². The number of para-hydroxylation sites is 1. The number of carbonyl (C=O) groups is 1. The lowest BCUT2D eigenvalue weighted by molar-refractivity contribution is 0.101. The Bertz CT molecular complexity index is 1050. The second-order valence-corrected chi connectivity index (χ2v) is 6.43. The summed E-state index contributed by atoms with van der Waals surface area (Å²) in [5.41, 5.74) is 2.08. The first-order chi connectivity index (χ1) is 12.6. The van der Waals surface area contributed by atoms with Gasteiger partial charge >= 0.3 is 0 Å². The van der Waals surface area contributed by atoms with Gasteiger partial charge in [-0.1, -0.05) is 31.5 Å². The molecule has 1 aromatic heterocycles. The molecule has 2 N–H and O–H groups in total. The molecule has 0 amide bonds. The van der Waals surface area contributed by atoms with Gasteiger partial charge in [0.1, 0.15) is 22.8 Å². The Balaban J connectivity index is 1.78.